The number of benzene rings is 2. The lowest BCUT2D eigenvalue weighted by molar-refractivity contribution is -0.208. The van der Waals surface area contributed by atoms with Gasteiger partial charge in [-0.15, -0.1) is 0 Å². The van der Waals surface area contributed by atoms with Crippen molar-refractivity contribution in [3.63, 3.8) is 0 Å². The lowest BCUT2D eigenvalue weighted by Gasteiger charge is -2.41. The number of nitrogens with two attached hydrogens (primary N) is 1. The van der Waals surface area contributed by atoms with Gasteiger partial charge in [-0.2, -0.15) is 9.97 Å². The van der Waals surface area contributed by atoms with Gasteiger partial charge in [-0.1, -0.05) is 36.4 Å². The zero-order valence-electron chi connectivity index (χ0n) is 24.4. The van der Waals surface area contributed by atoms with Gasteiger partial charge in [0, 0.05) is 26.2 Å². The van der Waals surface area contributed by atoms with Gasteiger partial charge >= 0.3 is 29.6 Å². The fraction of sp³-hybridized carbons (Fsp3) is 0.300. The lowest BCUT2D eigenvalue weighted by Crippen LogP contribution is -2.62. The summed E-state index contributed by atoms with van der Waals surface area (Å²) in [5.74, 6) is -3.52. The highest BCUT2D eigenvalue weighted by Crippen LogP contribution is 2.49. The molecule has 0 radical (unpaired) electrons. The average Bonchev–Trinajstić information content (AvgIpc) is 3.52. The van der Waals surface area contributed by atoms with Gasteiger partial charge in [-0.3, -0.25) is 14.2 Å². The number of aromatic nitrogens is 4. The fourth-order valence-electron chi connectivity index (χ4n) is 5.15. The van der Waals surface area contributed by atoms with Crippen LogP contribution in [0.2, 0.25) is 0 Å². The number of esters is 4. The molecule has 1 saturated heterocycles. The molecule has 15 nitrogen and oxygen atoms in total. The SMILES string of the molecule is CC(=O)OC1C(n2ccn3c(=O)nc(N)nc23)OC(COC(=O)c2ccccc2)(COC(=O)c2ccccc2)C1(C)OC(C)=O. The molecule has 1 fully saturated rings. The maximum atomic E-state index is 13.1. The molecule has 2 aromatic heterocycles. The van der Waals surface area contributed by atoms with Crippen molar-refractivity contribution in [3.05, 3.63) is 94.7 Å². The van der Waals surface area contributed by atoms with E-state index in [1.54, 1.807) is 36.4 Å². The molecule has 2 N–H and O–H groups in total. The Hall–Kier alpha value is -5.57. The molecule has 3 unspecified atom stereocenters. The third kappa shape index (κ3) is 5.97. The molecule has 3 heterocycles. The van der Waals surface area contributed by atoms with Crippen molar-refractivity contribution >= 4 is 35.6 Å². The first kappa shape index (κ1) is 30.9. The van der Waals surface area contributed by atoms with E-state index in [2.05, 4.69) is 9.97 Å². The first-order valence-electron chi connectivity index (χ1n) is 13.7. The van der Waals surface area contributed by atoms with Gasteiger partial charge in [0.15, 0.2) is 23.5 Å². The van der Waals surface area contributed by atoms with Crippen molar-refractivity contribution in [2.75, 3.05) is 18.9 Å². The van der Waals surface area contributed by atoms with Gasteiger partial charge in [0.25, 0.3) is 0 Å². The van der Waals surface area contributed by atoms with Crippen LogP contribution in [-0.4, -0.2) is 73.3 Å². The van der Waals surface area contributed by atoms with Gasteiger partial charge in [-0.25, -0.2) is 18.8 Å². The second kappa shape index (κ2) is 12.2. The standard InChI is InChI=1S/C30H29N5O10/c1-18(36)43-22-23(34-14-15-35-27(34)32-26(31)33-28(35)40)45-30(29(22,3)44-19(2)37,16-41-24(38)20-10-6-4-7-11-20)17-42-25(39)21-12-8-5-9-13-21/h4-15,22-23H,16-17H2,1-3H3,(H2,31,33,40). The molecule has 1 aliphatic heterocycles. The Kier molecular flexibility index (Phi) is 8.37. The maximum Gasteiger partial charge on any atom is 0.357 e. The molecule has 15 heteroatoms. The number of imidazole rings is 1. The quantitative estimate of drug-likeness (QED) is 0.210. The van der Waals surface area contributed by atoms with Crippen LogP contribution in [0.3, 0.4) is 0 Å². The molecule has 0 amide bonds. The zero-order valence-corrected chi connectivity index (χ0v) is 24.4. The highest BCUT2D eigenvalue weighted by atomic mass is 16.7. The first-order chi connectivity index (χ1) is 21.4. The van der Waals surface area contributed by atoms with E-state index in [-0.39, 0.29) is 22.9 Å². The van der Waals surface area contributed by atoms with Crippen LogP contribution >= 0.6 is 0 Å². The van der Waals surface area contributed by atoms with Crippen molar-refractivity contribution < 1.29 is 42.9 Å². The summed E-state index contributed by atoms with van der Waals surface area (Å²) in [6, 6.07) is 16.1. The molecule has 0 aliphatic carbocycles. The van der Waals surface area contributed by atoms with Crippen LogP contribution in [0.4, 0.5) is 5.95 Å². The van der Waals surface area contributed by atoms with E-state index in [1.807, 2.05) is 0 Å². The Morgan fingerprint density at radius 1 is 0.867 bits per heavy atom. The predicted molar refractivity (Wildman–Crippen MR) is 154 cm³/mol. The summed E-state index contributed by atoms with van der Waals surface area (Å²) in [5, 5.41) is 0. The molecule has 0 spiro atoms. The van der Waals surface area contributed by atoms with E-state index in [4.69, 9.17) is 29.4 Å². The molecule has 4 aromatic rings. The molecule has 234 valence electrons. The van der Waals surface area contributed by atoms with Crippen molar-refractivity contribution in [2.45, 2.75) is 44.3 Å². The monoisotopic (exact) mass is 619 g/mol. The number of carbonyl (C=O) groups is 4. The van der Waals surface area contributed by atoms with Crippen LogP contribution in [0.1, 0.15) is 47.7 Å². The van der Waals surface area contributed by atoms with Gasteiger partial charge in [0.2, 0.25) is 11.7 Å². The molecular formula is C30H29N5O10. The van der Waals surface area contributed by atoms with E-state index < -0.39 is 66.3 Å². The molecule has 0 bridgehead atoms. The Morgan fingerprint density at radius 3 is 1.93 bits per heavy atom. The predicted octanol–water partition coefficient (Wildman–Crippen LogP) is 1.71. The number of carbonyl (C=O) groups excluding carboxylic acids is 4. The van der Waals surface area contributed by atoms with Gasteiger partial charge in [-0.05, 0) is 31.2 Å². The fourth-order valence-corrected chi connectivity index (χ4v) is 5.15. The Morgan fingerprint density at radius 2 is 1.42 bits per heavy atom. The van der Waals surface area contributed by atoms with Crippen LogP contribution < -0.4 is 11.4 Å². The van der Waals surface area contributed by atoms with Crippen molar-refractivity contribution in [1.29, 1.82) is 0 Å². The minimum Gasteiger partial charge on any atom is -0.459 e. The van der Waals surface area contributed by atoms with Crippen LogP contribution in [0.25, 0.3) is 5.78 Å². The highest BCUT2D eigenvalue weighted by molar-refractivity contribution is 5.90. The van der Waals surface area contributed by atoms with Gasteiger partial charge in [0.05, 0.1) is 11.1 Å². The molecule has 45 heavy (non-hydrogen) atoms. The van der Waals surface area contributed by atoms with E-state index in [9.17, 15) is 24.0 Å². The van der Waals surface area contributed by atoms with E-state index in [0.29, 0.717) is 0 Å². The summed E-state index contributed by atoms with van der Waals surface area (Å²) in [4.78, 5) is 71.6. The summed E-state index contributed by atoms with van der Waals surface area (Å²) in [6.07, 6.45) is -0.128. The van der Waals surface area contributed by atoms with Crippen LogP contribution in [0.5, 0.6) is 0 Å². The molecule has 5 rings (SSSR count). The third-order valence-electron chi connectivity index (χ3n) is 7.32. The largest absolute Gasteiger partial charge is 0.459 e. The Balaban J connectivity index is 1.64. The van der Waals surface area contributed by atoms with E-state index >= 15 is 0 Å². The van der Waals surface area contributed by atoms with Crippen LogP contribution in [-0.2, 0) is 33.3 Å². The van der Waals surface area contributed by atoms with Gasteiger partial charge < -0.3 is 29.4 Å². The lowest BCUT2D eigenvalue weighted by atomic mass is 9.82. The van der Waals surface area contributed by atoms with E-state index in [0.717, 1.165) is 18.2 Å². The van der Waals surface area contributed by atoms with Crippen molar-refractivity contribution in [1.82, 2.24) is 18.9 Å². The first-order valence-corrected chi connectivity index (χ1v) is 13.7. The number of hydrogen-bond donors (Lipinski definition) is 1. The second-order valence-electron chi connectivity index (χ2n) is 10.4. The van der Waals surface area contributed by atoms with E-state index in [1.165, 1.54) is 48.1 Å². The Bertz CT molecular complexity index is 1750. The smallest absolute Gasteiger partial charge is 0.357 e. The Labute approximate surface area is 255 Å². The maximum absolute atomic E-state index is 13.1. The zero-order chi connectivity index (χ0) is 32.4. The number of anilines is 1. The number of fused-ring (bicyclic) bond motifs is 1. The molecule has 0 saturated carbocycles. The number of rotatable bonds is 9. The third-order valence-corrected chi connectivity index (χ3v) is 7.32. The summed E-state index contributed by atoms with van der Waals surface area (Å²) < 4.78 is 31.8. The molecule has 3 atom stereocenters. The summed E-state index contributed by atoms with van der Waals surface area (Å²) in [5.41, 5.74) is 1.46. The topological polar surface area (TPSA) is 193 Å². The second-order valence-corrected chi connectivity index (χ2v) is 10.4. The van der Waals surface area contributed by atoms with Crippen molar-refractivity contribution in [3.8, 4) is 0 Å². The molecular weight excluding hydrogens is 590 g/mol. The number of ether oxygens (including phenoxy) is 5. The number of hydrogen-bond acceptors (Lipinski definition) is 13. The minimum atomic E-state index is -1.99. The summed E-state index contributed by atoms with van der Waals surface area (Å²) >= 11 is 0. The summed E-state index contributed by atoms with van der Waals surface area (Å²) in [7, 11) is 0. The molecule has 2 aromatic carbocycles. The van der Waals surface area contributed by atoms with Crippen molar-refractivity contribution in [2.24, 2.45) is 0 Å². The highest BCUT2D eigenvalue weighted by Gasteiger charge is 2.70. The minimum absolute atomic E-state index is 0.0572. The van der Waals surface area contributed by atoms with Crippen LogP contribution in [0.15, 0.2) is 77.9 Å². The number of nitrogen functional groups attached to an aromatic ring is 1. The molecule has 1 aliphatic rings. The normalized spacial score (nSPS) is 20.3. The van der Waals surface area contributed by atoms with Gasteiger partial charge in [0.1, 0.15) is 13.2 Å². The number of nitrogens with zero attached hydrogens (tertiary/aromatic N) is 4. The summed E-state index contributed by atoms with van der Waals surface area (Å²) in [6.45, 7) is 2.37. The van der Waals surface area contributed by atoms with Crippen LogP contribution in [0, 0.1) is 0 Å². The average molecular weight is 620 g/mol.